The molecule has 0 aromatic heterocycles. The quantitative estimate of drug-likeness (QED) is 0.398. The van der Waals surface area contributed by atoms with Crippen molar-refractivity contribution < 1.29 is 3.79 Å². The third-order valence-corrected chi connectivity index (χ3v) is 1.41. The summed E-state index contributed by atoms with van der Waals surface area (Å²) >= 11 is 0.316. The van der Waals surface area contributed by atoms with Gasteiger partial charge in [0.2, 0.25) is 0 Å². The van der Waals surface area contributed by atoms with Gasteiger partial charge in [-0.2, -0.15) is 0 Å². The summed E-state index contributed by atoms with van der Waals surface area (Å²) in [4.78, 5) is 0. The van der Waals surface area contributed by atoms with Crippen LogP contribution in [0.1, 0.15) is 20.3 Å². The van der Waals surface area contributed by atoms with E-state index in [2.05, 4.69) is 13.8 Å². The predicted octanol–water partition coefficient (Wildman–Crippen LogP) is 1.47. The van der Waals surface area contributed by atoms with Gasteiger partial charge in [0, 0.05) is 0 Å². The second-order valence-electron chi connectivity index (χ2n) is 1.45. The van der Waals surface area contributed by atoms with Crippen LogP contribution in [0, 0.1) is 0 Å². The van der Waals surface area contributed by atoms with Crippen LogP contribution in [0.25, 0.3) is 0 Å². The molecule has 2 heteroatoms. The van der Waals surface area contributed by atoms with Gasteiger partial charge in [-0.25, -0.2) is 0 Å². The van der Waals surface area contributed by atoms with Crippen LogP contribution in [0.2, 0.25) is 5.28 Å². The molecule has 0 fully saturated rings. The van der Waals surface area contributed by atoms with Crippen LogP contribution in [0.3, 0.4) is 0 Å². The Kier molecular flexibility index (Phi) is 6.95. The summed E-state index contributed by atoms with van der Waals surface area (Å²) in [7, 11) is 0. The summed E-state index contributed by atoms with van der Waals surface area (Å²) in [6, 6.07) is 0. The normalized spacial score (nSPS) is 8.29. The molecule has 0 rings (SSSR count). The van der Waals surface area contributed by atoms with Crippen molar-refractivity contribution in [3.8, 4) is 0 Å². The molecule has 0 saturated heterocycles. The van der Waals surface area contributed by atoms with Gasteiger partial charge in [-0.1, -0.05) is 0 Å². The molecule has 0 saturated carbocycles. The fraction of sp³-hybridized carbons (Fsp3) is 1.00. The van der Waals surface area contributed by atoms with Crippen LogP contribution >= 0.6 is 0 Å². The topological polar surface area (TPSA) is 9.23 Å². The second-order valence-corrected chi connectivity index (χ2v) is 2.93. The Morgan fingerprint density at radius 2 is 2.14 bits per heavy atom. The summed E-state index contributed by atoms with van der Waals surface area (Å²) < 4.78 is 5.22. The Morgan fingerprint density at radius 3 is 2.57 bits per heavy atom. The summed E-state index contributed by atoms with van der Waals surface area (Å²) in [6.45, 7) is 5.25. The molecule has 0 N–H and O–H groups in total. The number of hydrogen-bond acceptors (Lipinski definition) is 1. The molecular formula is C5H12AlO+. The molecule has 0 aliphatic heterocycles. The summed E-state index contributed by atoms with van der Waals surface area (Å²) in [5.41, 5.74) is 0. The molecule has 0 heterocycles. The van der Waals surface area contributed by atoms with E-state index in [1.165, 1.54) is 5.28 Å². The Bertz CT molecular complexity index is 27.3. The van der Waals surface area contributed by atoms with E-state index in [9.17, 15) is 0 Å². The molecule has 1 nitrogen and oxygen atoms in total. The molecule has 0 aromatic rings. The fourth-order valence-corrected chi connectivity index (χ4v) is 0.957. The minimum absolute atomic E-state index is 0.316. The van der Waals surface area contributed by atoms with Gasteiger partial charge < -0.3 is 0 Å². The van der Waals surface area contributed by atoms with Crippen molar-refractivity contribution in [3.05, 3.63) is 0 Å². The van der Waals surface area contributed by atoms with Crippen molar-refractivity contribution >= 4 is 15.6 Å². The van der Waals surface area contributed by atoms with Crippen LogP contribution in [0.4, 0.5) is 0 Å². The van der Waals surface area contributed by atoms with Crippen LogP contribution in [-0.4, -0.2) is 22.2 Å². The van der Waals surface area contributed by atoms with E-state index in [0.717, 1.165) is 13.0 Å². The predicted molar refractivity (Wildman–Crippen MR) is 32.5 cm³/mol. The Hall–Kier alpha value is 0.492. The molecule has 0 unspecified atom stereocenters. The number of rotatable bonds is 4. The van der Waals surface area contributed by atoms with Gasteiger partial charge in [0.05, 0.1) is 0 Å². The van der Waals surface area contributed by atoms with Crippen molar-refractivity contribution in [3.63, 3.8) is 0 Å². The molecule has 0 aromatic carbocycles. The molecule has 0 aliphatic carbocycles. The van der Waals surface area contributed by atoms with Gasteiger partial charge in [-0.15, -0.1) is 0 Å². The average Bonchev–Trinajstić information content (AvgIpc) is 1.69. The Labute approximate surface area is 52.1 Å². The first-order valence-corrected chi connectivity index (χ1v) is 4.13. The van der Waals surface area contributed by atoms with Crippen molar-refractivity contribution in [2.75, 3.05) is 6.61 Å². The first kappa shape index (κ1) is 7.49. The van der Waals surface area contributed by atoms with Crippen molar-refractivity contribution in [1.29, 1.82) is 0 Å². The van der Waals surface area contributed by atoms with Crippen LogP contribution in [0.5, 0.6) is 0 Å². The summed E-state index contributed by atoms with van der Waals surface area (Å²) in [6.07, 6.45) is 1.16. The summed E-state index contributed by atoms with van der Waals surface area (Å²) in [5, 5.41) is 1.22. The molecule has 0 spiro atoms. The minimum atomic E-state index is 0.316. The number of hydrogen-bond donors (Lipinski definition) is 0. The maximum atomic E-state index is 5.22. The molecule has 40 valence electrons. The molecule has 0 atom stereocenters. The van der Waals surface area contributed by atoms with E-state index in [1.807, 2.05) is 0 Å². The van der Waals surface area contributed by atoms with E-state index in [0.29, 0.717) is 15.6 Å². The van der Waals surface area contributed by atoms with E-state index >= 15 is 0 Å². The first-order chi connectivity index (χ1) is 3.41. The van der Waals surface area contributed by atoms with Crippen LogP contribution in [0.15, 0.2) is 0 Å². The SMILES string of the molecule is CCC[O][Al+][CH2]C. The van der Waals surface area contributed by atoms with E-state index in [4.69, 9.17) is 3.79 Å². The standard InChI is InChI=1S/C3H7O.C2H5.Al/c1-2-3-4;1-2;/h2-3H2,1H3;1H2,2H3;/q-1;;+2. The zero-order valence-corrected chi connectivity index (χ0v) is 6.26. The van der Waals surface area contributed by atoms with Gasteiger partial charge in [-0.3, -0.25) is 0 Å². The Balaban J connectivity index is 2.45. The maximum absolute atomic E-state index is 5.22. The van der Waals surface area contributed by atoms with Crippen molar-refractivity contribution in [2.45, 2.75) is 25.6 Å². The fourth-order valence-electron chi connectivity index (χ4n) is 0.319. The van der Waals surface area contributed by atoms with Gasteiger partial charge in [0.1, 0.15) is 0 Å². The average molecular weight is 115 g/mol. The van der Waals surface area contributed by atoms with Crippen LogP contribution < -0.4 is 0 Å². The third kappa shape index (κ3) is 6.49. The monoisotopic (exact) mass is 115 g/mol. The van der Waals surface area contributed by atoms with Crippen molar-refractivity contribution in [1.82, 2.24) is 0 Å². The van der Waals surface area contributed by atoms with Gasteiger partial charge in [-0.05, 0) is 0 Å². The zero-order chi connectivity index (χ0) is 5.54. The molecule has 0 aliphatic rings. The first-order valence-electron chi connectivity index (χ1n) is 2.85. The molecular weight excluding hydrogens is 103 g/mol. The molecule has 0 radical (unpaired) electrons. The molecule has 0 amide bonds. The van der Waals surface area contributed by atoms with Crippen LogP contribution in [-0.2, 0) is 3.79 Å². The van der Waals surface area contributed by atoms with E-state index < -0.39 is 0 Å². The van der Waals surface area contributed by atoms with Gasteiger partial charge in [0.25, 0.3) is 0 Å². The van der Waals surface area contributed by atoms with E-state index in [-0.39, 0.29) is 0 Å². The van der Waals surface area contributed by atoms with Gasteiger partial charge >= 0.3 is 51.5 Å². The summed E-state index contributed by atoms with van der Waals surface area (Å²) in [5.74, 6) is 0. The second kappa shape index (κ2) is 6.49. The third-order valence-electron chi connectivity index (χ3n) is 0.606. The Morgan fingerprint density at radius 1 is 1.43 bits per heavy atom. The zero-order valence-electron chi connectivity index (χ0n) is 5.11. The van der Waals surface area contributed by atoms with Gasteiger partial charge in [0.15, 0.2) is 0 Å². The van der Waals surface area contributed by atoms with Crippen molar-refractivity contribution in [2.24, 2.45) is 0 Å². The molecule has 7 heavy (non-hydrogen) atoms. The van der Waals surface area contributed by atoms with E-state index in [1.54, 1.807) is 0 Å². The molecule has 0 bridgehead atoms.